The molecule has 0 spiro atoms. The number of aromatic nitrogens is 4. The lowest BCUT2D eigenvalue weighted by Crippen LogP contribution is -2.36. The maximum absolute atomic E-state index is 12.4. The van der Waals surface area contributed by atoms with Crippen LogP contribution >= 0.6 is 0 Å². The Bertz CT molecular complexity index is 1030. The van der Waals surface area contributed by atoms with E-state index in [1.807, 2.05) is 34.6 Å². The molecule has 1 atom stereocenters. The number of aliphatic hydroxyl groups is 1. The first-order valence-corrected chi connectivity index (χ1v) is 11.3. The highest BCUT2D eigenvalue weighted by Crippen LogP contribution is 2.28. The average molecular weight is 475 g/mol. The third kappa shape index (κ3) is 6.34. The highest BCUT2D eigenvalue weighted by Gasteiger charge is 2.31. The van der Waals surface area contributed by atoms with Crippen molar-refractivity contribution in [2.75, 3.05) is 30.3 Å². The summed E-state index contributed by atoms with van der Waals surface area (Å²) in [5.74, 6) is -0.0211. The highest BCUT2D eigenvalue weighted by molar-refractivity contribution is 5.96. The van der Waals surface area contributed by atoms with Gasteiger partial charge in [0.2, 0.25) is 0 Å². The number of nitrogens with zero attached hydrogens (tertiary/aromatic N) is 5. The smallest absolute Gasteiger partial charge is 0.410 e. The Morgan fingerprint density at radius 2 is 2.03 bits per heavy atom. The number of primary amides is 1. The largest absolute Gasteiger partial charge is 0.444 e. The quantitative estimate of drug-likeness (QED) is 0.449. The molecule has 34 heavy (non-hydrogen) atoms. The van der Waals surface area contributed by atoms with Crippen molar-refractivity contribution in [2.45, 2.75) is 65.1 Å². The molecular weight excluding hydrogens is 440 g/mol. The molecule has 0 unspecified atom stereocenters. The summed E-state index contributed by atoms with van der Waals surface area (Å²) in [5, 5.41) is 19.7. The molecule has 3 heterocycles. The van der Waals surface area contributed by atoms with E-state index in [1.54, 1.807) is 22.0 Å². The van der Waals surface area contributed by atoms with Crippen molar-refractivity contribution in [3.63, 3.8) is 0 Å². The van der Waals surface area contributed by atoms with Crippen molar-refractivity contribution in [2.24, 2.45) is 5.73 Å². The zero-order valence-electron chi connectivity index (χ0n) is 20.3. The van der Waals surface area contributed by atoms with Crippen molar-refractivity contribution < 1.29 is 19.4 Å². The van der Waals surface area contributed by atoms with Crippen molar-refractivity contribution in [3.8, 4) is 0 Å². The Kier molecular flexibility index (Phi) is 7.60. The number of nitrogens with one attached hydrogen (secondary N) is 2. The summed E-state index contributed by atoms with van der Waals surface area (Å²) in [5.41, 5.74) is 6.23. The molecule has 1 saturated heterocycles. The van der Waals surface area contributed by atoms with E-state index in [9.17, 15) is 9.59 Å². The van der Waals surface area contributed by atoms with Gasteiger partial charge in [-0.15, -0.1) is 0 Å². The van der Waals surface area contributed by atoms with Crippen LogP contribution in [0.5, 0.6) is 0 Å². The normalized spacial score (nSPS) is 16.1. The van der Waals surface area contributed by atoms with Gasteiger partial charge in [0.1, 0.15) is 5.60 Å². The maximum Gasteiger partial charge on any atom is 0.410 e. The summed E-state index contributed by atoms with van der Waals surface area (Å²) >= 11 is 0. The number of nitrogens with two attached hydrogens (primary N) is 1. The summed E-state index contributed by atoms with van der Waals surface area (Å²) in [4.78, 5) is 35.4. The second kappa shape index (κ2) is 10.2. The standard InChI is InChI=1S/C22H34N8O4/c1-13(2)16-19(25-14-6-7-29(11-14)21(33)34-22(3,4)5)28-20(17(27-16)18(23)32)26-15-10-24-30(12-15)8-9-31/h10,12-14,31H,6-9,11H2,1-5H3,(H2,23,32)(H2,25,26,28)/t14-/m1/s1. The van der Waals surface area contributed by atoms with E-state index in [-0.39, 0.29) is 36.2 Å². The molecule has 0 bridgehead atoms. The molecule has 0 saturated carbocycles. The van der Waals surface area contributed by atoms with Gasteiger partial charge >= 0.3 is 6.09 Å². The molecule has 0 radical (unpaired) electrons. The lowest BCUT2D eigenvalue weighted by atomic mass is 10.1. The minimum atomic E-state index is -0.705. The Morgan fingerprint density at radius 1 is 1.29 bits per heavy atom. The molecule has 186 valence electrons. The van der Waals surface area contributed by atoms with Gasteiger partial charge in [0, 0.05) is 25.3 Å². The van der Waals surface area contributed by atoms with Crippen molar-refractivity contribution in [3.05, 3.63) is 23.8 Å². The summed E-state index contributed by atoms with van der Waals surface area (Å²) in [6, 6.07) is -0.0566. The van der Waals surface area contributed by atoms with E-state index in [0.29, 0.717) is 43.3 Å². The van der Waals surface area contributed by atoms with Crippen LogP contribution in [0.3, 0.4) is 0 Å². The molecule has 12 nitrogen and oxygen atoms in total. The number of amides is 2. The molecule has 0 aliphatic carbocycles. The Hall–Kier alpha value is -3.41. The molecule has 2 aromatic heterocycles. The number of carbonyl (C=O) groups excluding carboxylic acids is 2. The fourth-order valence-corrected chi connectivity index (χ4v) is 3.57. The molecule has 1 fully saturated rings. The van der Waals surface area contributed by atoms with Crippen LogP contribution in [-0.2, 0) is 11.3 Å². The molecule has 5 N–H and O–H groups in total. The minimum absolute atomic E-state index is 0.0194. The number of rotatable bonds is 8. The van der Waals surface area contributed by atoms with E-state index >= 15 is 0 Å². The maximum atomic E-state index is 12.4. The van der Waals surface area contributed by atoms with E-state index in [4.69, 9.17) is 15.6 Å². The fourth-order valence-electron chi connectivity index (χ4n) is 3.57. The SMILES string of the molecule is CC(C)c1nc(C(N)=O)c(Nc2cnn(CCO)c2)nc1N[C@@H]1CCN(C(=O)OC(C)(C)C)C1. The highest BCUT2D eigenvalue weighted by atomic mass is 16.6. The lowest BCUT2D eigenvalue weighted by molar-refractivity contribution is 0.0293. The summed E-state index contributed by atoms with van der Waals surface area (Å²) in [7, 11) is 0. The first-order chi connectivity index (χ1) is 16.0. The third-order valence-corrected chi connectivity index (χ3v) is 5.11. The first-order valence-electron chi connectivity index (χ1n) is 11.3. The predicted molar refractivity (Wildman–Crippen MR) is 127 cm³/mol. The first kappa shape index (κ1) is 25.2. The summed E-state index contributed by atoms with van der Waals surface area (Å²) < 4.78 is 7.04. The fraction of sp³-hybridized carbons (Fsp3) is 0.591. The van der Waals surface area contributed by atoms with E-state index in [1.165, 1.54) is 0 Å². The van der Waals surface area contributed by atoms with E-state index in [0.717, 1.165) is 0 Å². The zero-order valence-corrected chi connectivity index (χ0v) is 20.3. The lowest BCUT2D eigenvalue weighted by Gasteiger charge is -2.24. The second-order valence-electron chi connectivity index (χ2n) is 9.57. The number of hydrogen-bond donors (Lipinski definition) is 4. The van der Waals surface area contributed by atoms with Gasteiger partial charge in [0.25, 0.3) is 5.91 Å². The summed E-state index contributed by atoms with van der Waals surface area (Å²) in [6.45, 7) is 10.7. The van der Waals surface area contributed by atoms with Crippen LogP contribution in [0.15, 0.2) is 12.4 Å². The van der Waals surface area contributed by atoms with Gasteiger partial charge in [-0.25, -0.2) is 14.8 Å². The molecule has 0 aromatic carbocycles. The second-order valence-corrected chi connectivity index (χ2v) is 9.57. The third-order valence-electron chi connectivity index (χ3n) is 5.11. The van der Waals surface area contributed by atoms with E-state index in [2.05, 4.69) is 25.7 Å². The average Bonchev–Trinajstić information content (AvgIpc) is 3.36. The Labute approximate surface area is 198 Å². The van der Waals surface area contributed by atoms with Gasteiger partial charge < -0.3 is 31.1 Å². The van der Waals surface area contributed by atoms with Crippen LogP contribution in [-0.4, -0.2) is 73.1 Å². The van der Waals surface area contributed by atoms with Crippen molar-refractivity contribution in [1.29, 1.82) is 0 Å². The van der Waals surface area contributed by atoms with Crippen molar-refractivity contribution in [1.82, 2.24) is 24.6 Å². The zero-order chi connectivity index (χ0) is 25.0. The van der Waals surface area contributed by atoms with Crippen LogP contribution in [0, 0.1) is 0 Å². The van der Waals surface area contributed by atoms with Gasteiger partial charge in [-0.2, -0.15) is 5.10 Å². The molecule has 1 aliphatic heterocycles. The number of anilines is 3. The molecule has 2 aromatic rings. The van der Waals surface area contributed by atoms with Gasteiger partial charge in [-0.3, -0.25) is 9.48 Å². The molecule has 2 amide bonds. The number of likely N-dealkylation sites (tertiary alicyclic amines) is 1. The summed E-state index contributed by atoms with van der Waals surface area (Å²) in [6.07, 6.45) is 3.61. The van der Waals surface area contributed by atoms with Gasteiger partial charge in [0.05, 0.1) is 30.7 Å². The molecular formula is C22H34N8O4. The van der Waals surface area contributed by atoms with Crippen LogP contribution in [0.25, 0.3) is 0 Å². The van der Waals surface area contributed by atoms with Crippen LogP contribution in [0.2, 0.25) is 0 Å². The number of carbonyl (C=O) groups is 2. The van der Waals surface area contributed by atoms with Crippen LogP contribution in [0.1, 0.15) is 63.1 Å². The predicted octanol–water partition coefficient (Wildman–Crippen LogP) is 2.05. The molecule has 12 heteroatoms. The minimum Gasteiger partial charge on any atom is -0.444 e. The Balaban J connectivity index is 1.83. The number of ether oxygens (including phenoxy) is 1. The Morgan fingerprint density at radius 3 is 2.65 bits per heavy atom. The van der Waals surface area contributed by atoms with Gasteiger partial charge in [-0.1, -0.05) is 13.8 Å². The van der Waals surface area contributed by atoms with Gasteiger partial charge in [-0.05, 0) is 33.1 Å². The molecule has 3 rings (SSSR count). The van der Waals surface area contributed by atoms with Crippen molar-refractivity contribution >= 4 is 29.3 Å². The van der Waals surface area contributed by atoms with E-state index < -0.39 is 11.5 Å². The molecule has 1 aliphatic rings. The number of aliphatic hydroxyl groups excluding tert-OH is 1. The van der Waals surface area contributed by atoms with Crippen LogP contribution in [0.4, 0.5) is 22.1 Å². The monoisotopic (exact) mass is 474 g/mol. The van der Waals surface area contributed by atoms with Crippen LogP contribution < -0.4 is 16.4 Å². The van der Waals surface area contributed by atoms with Gasteiger partial charge in [0.15, 0.2) is 17.3 Å². The topological polar surface area (TPSA) is 161 Å². The number of hydrogen-bond acceptors (Lipinski definition) is 9.